The standard InChI is InChI=1S/C23H25N5OS/c1-2-13-28-22(29)20-16-8-3-6-11-19(16)30-21(20)26-23(28)24-12-7-14-27-15-25-17-9-4-5-10-18(17)27/h2,4-5,9-10,15H,1,3,6-8,11-14H2,(H,24,26). The Bertz CT molecular complexity index is 1280. The van der Waals surface area contributed by atoms with Crippen LogP contribution < -0.4 is 10.9 Å². The number of thiophene rings is 1. The Labute approximate surface area is 178 Å². The normalized spacial score (nSPS) is 13.6. The number of anilines is 1. The van der Waals surface area contributed by atoms with Crippen molar-refractivity contribution in [3.8, 4) is 0 Å². The average molecular weight is 420 g/mol. The van der Waals surface area contributed by atoms with Crippen LogP contribution in [0.5, 0.6) is 0 Å². The van der Waals surface area contributed by atoms with Gasteiger partial charge in [0, 0.05) is 24.5 Å². The van der Waals surface area contributed by atoms with Gasteiger partial charge in [-0.15, -0.1) is 17.9 Å². The van der Waals surface area contributed by atoms with Crippen LogP contribution in [0, 0.1) is 0 Å². The lowest BCUT2D eigenvalue weighted by Gasteiger charge is -2.14. The largest absolute Gasteiger partial charge is 0.355 e. The maximum absolute atomic E-state index is 13.3. The van der Waals surface area contributed by atoms with E-state index in [0.29, 0.717) is 12.5 Å². The molecule has 0 atom stereocenters. The van der Waals surface area contributed by atoms with E-state index in [-0.39, 0.29) is 5.56 Å². The number of fused-ring (bicyclic) bond motifs is 4. The number of rotatable bonds is 7. The van der Waals surface area contributed by atoms with Crippen molar-refractivity contribution in [2.24, 2.45) is 0 Å². The second kappa shape index (κ2) is 8.07. The van der Waals surface area contributed by atoms with Gasteiger partial charge in [-0.3, -0.25) is 9.36 Å². The molecule has 4 aromatic rings. The number of benzene rings is 1. The Kier molecular flexibility index (Phi) is 5.12. The van der Waals surface area contributed by atoms with Crippen molar-refractivity contribution in [3.63, 3.8) is 0 Å². The van der Waals surface area contributed by atoms with Gasteiger partial charge in [0.05, 0.1) is 22.7 Å². The highest BCUT2D eigenvalue weighted by Gasteiger charge is 2.21. The van der Waals surface area contributed by atoms with E-state index >= 15 is 0 Å². The van der Waals surface area contributed by atoms with Crippen molar-refractivity contribution in [2.45, 2.75) is 45.2 Å². The summed E-state index contributed by atoms with van der Waals surface area (Å²) in [5, 5.41) is 4.22. The maximum Gasteiger partial charge on any atom is 0.264 e. The summed E-state index contributed by atoms with van der Waals surface area (Å²) < 4.78 is 3.89. The number of nitrogens with zero attached hydrogens (tertiary/aromatic N) is 4. The Morgan fingerprint density at radius 1 is 1.23 bits per heavy atom. The molecule has 0 saturated heterocycles. The number of allylic oxidation sites excluding steroid dienone is 1. The number of aromatic nitrogens is 4. The van der Waals surface area contributed by atoms with Gasteiger partial charge >= 0.3 is 0 Å². The molecule has 0 spiro atoms. The first kappa shape index (κ1) is 19.1. The Morgan fingerprint density at radius 2 is 2.10 bits per heavy atom. The fourth-order valence-electron chi connectivity index (χ4n) is 4.31. The lowest BCUT2D eigenvalue weighted by molar-refractivity contribution is 0.669. The smallest absolute Gasteiger partial charge is 0.264 e. The topological polar surface area (TPSA) is 64.7 Å². The van der Waals surface area contributed by atoms with Gasteiger partial charge in [0.1, 0.15) is 4.83 Å². The van der Waals surface area contributed by atoms with Crippen molar-refractivity contribution in [1.82, 2.24) is 19.1 Å². The first-order chi connectivity index (χ1) is 14.8. The van der Waals surface area contributed by atoms with Crippen LogP contribution in [0.1, 0.15) is 29.7 Å². The van der Waals surface area contributed by atoms with Crippen molar-refractivity contribution >= 4 is 38.5 Å². The lowest BCUT2D eigenvalue weighted by atomic mass is 9.97. The minimum Gasteiger partial charge on any atom is -0.355 e. The van der Waals surface area contributed by atoms with Gasteiger partial charge in [-0.25, -0.2) is 9.97 Å². The van der Waals surface area contributed by atoms with E-state index in [1.807, 2.05) is 24.5 Å². The molecule has 30 heavy (non-hydrogen) atoms. The molecule has 1 aliphatic carbocycles. The third kappa shape index (κ3) is 3.33. The molecule has 0 fully saturated rings. The first-order valence-electron chi connectivity index (χ1n) is 10.6. The Morgan fingerprint density at radius 3 is 3.00 bits per heavy atom. The molecule has 1 aliphatic rings. The Hall–Kier alpha value is -2.93. The highest BCUT2D eigenvalue weighted by atomic mass is 32.1. The molecule has 0 unspecified atom stereocenters. The molecule has 1 aromatic carbocycles. The molecule has 0 radical (unpaired) electrons. The van der Waals surface area contributed by atoms with E-state index in [1.54, 1.807) is 22.0 Å². The van der Waals surface area contributed by atoms with Crippen LogP contribution in [-0.2, 0) is 25.9 Å². The van der Waals surface area contributed by atoms with Crippen LogP contribution in [0.3, 0.4) is 0 Å². The monoisotopic (exact) mass is 419 g/mol. The van der Waals surface area contributed by atoms with E-state index in [9.17, 15) is 4.79 Å². The summed E-state index contributed by atoms with van der Waals surface area (Å²) in [6, 6.07) is 8.15. The lowest BCUT2D eigenvalue weighted by Crippen LogP contribution is -2.25. The summed E-state index contributed by atoms with van der Waals surface area (Å²) in [4.78, 5) is 24.8. The average Bonchev–Trinajstić information content (AvgIpc) is 3.35. The van der Waals surface area contributed by atoms with Gasteiger partial charge in [-0.1, -0.05) is 18.2 Å². The number of nitrogens with one attached hydrogen (secondary N) is 1. The van der Waals surface area contributed by atoms with Crippen LogP contribution in [0.4, 0.5) is 5.95 Å². The predicted molar refractivity (Wildman–Crippen MR) is 124 cm³/mol. The van der Waals surface area contributed by atoms with Gasteiger partial charge in [0.2, 0.25) is 5.95 Å². The summed E-state index contributed by atoms with van der Waals surface area (Å²) in [7, 11) is 0. The summed E-state index contributed by atoms with van der Waals surface area (Å²) >= 11 is 1.69. The van der Waals surface area contributed by atoms with Crippen molar-refractivity contribution in [3.05, 3.63) is 64.0 Å². The van der Waals surface area contributed by atoms with Gasteiger partial charge in [-0.05, 0) is 49.8 Å². The SMILES string of the molecule is C=CCn1c(NCCCn2cnc3ccccc32)nc2sc3c(c2c1=O)CCCC3. The third-order valence-electron chi connectivity index (χ3n) is 5.77. The molecule has 7 heteroatoms. The molecule has 0 amide bonds. The van der Waals surface area contributed by atoms with Crippen LogP contribution in [0.15, 0.2) is 48.0 Å². The molecule has 3 heterocycles. The van der Waals surface area contributed by atoms with E-state index in [0.717, 1.165) is 60.0 Å². The molecular formula is C23H25N5OS. The summed E-state index contributed by atoms with van der Waals surface area (Å²) in [5.74, 6) is 0.640. The van der Waals surface area contributed by atoms with E-state index < -0.39 is 0 Å². The molecular weight excluding hydrogens is 394 g/mol. The number of hydrogen-bond acceptors (Lipinski definition) is 5. The number of hydrogen-bond donors (Lipinski definition) is 1. The van der Waals surface area contributed by atoms with Crippen molar-refractivity contribution in [1.29, 1.82) is 0 Å². The molecule has 0 bridgehead atoms. The maximum atomic E-state index is 13.3. The summed E-state index contributed by atoms with van der Waals surface area (Å²) in [5.41, 5.74) is 3.45. The van der Waals surface area contributed by atoms with Crippen molar-refractivity contribution < 1.29 is 0 Å². The van der Waals surface area contributed by atoms with E-state index in [2.05, 4.69) is 27.5 Å². The van der Waals surface area contributed by atoms with Crippen LogP contribution in [-0.4, -0.2) is 25.6 Å². The number of aryl methyl sites for hydroxylation is 3. The van der Waals surface area contributed by atoms with Gasteiger partial charge in [0.15, 0.2) is 0 Å². The quantitative estimate of drug-likeness (QED) is 0.357. The second-order valence-corrected chi connectivity index (χ2v) is 8.82. The number of imidazole rings is 1. The van der Waals surface area contributed by atoms with Crippen LogP contribution >= 0.6 is 11.3 Å². The highest BCUT2D eigenvalue weighted by molar-refractivity contribution is 7.18. The zero-order chi connectivity index (χ0) is 20.5. The molecule has 1 N–H and O–H groups in total. The van der Waals surface area contributed by atoms with Crippen molar-refractivity contribution in [2.75, 3.05) is 11.9 Å². The molecule has 6 nitrogen and oxygen atoms in total. The summed E-state index contributed by atoms with van der Waals surface area (Å²) in [6.07, 6.45) is 8.97. The van der Waals surface area contributed by atoms with Gasteiger partial charge in [0.25, 0.3) is 5.56 Å². The minimum absolute atomic E-state index is 0.0578. The number of para-hydroxylation sites is 2. The minimum atomic E-state index is 0.0578. The van der Waals surface area contributed by atoms with Crippen LogP contribution in [0.2, 0.25) is 0 Å². The zero-order valence-electron chi connectivity index (χ0n) is 16.9. The fourth-order valence-corrected chi connectivity index (χ4v) is 5.56. The fraction of sp³-hybridized carbons (Fsp3) is 0.348. The van der Waals surface area contributed by atoms with Crippen LogP contribution in [0.25, 0.3) is 21.3 Å². The molecule has 5 rings (SSSR count). The summed E-state index contributed by atoms with van der Waals surface area (Å²) in [6.45, 7) is 5.87. The Balaban J connectivity index is 1.37. The molecule has 0 aliphatic heterocycles. The first-order valence-corrected chi connectivity index (χ1v) is 11.4. The third-order valence-corrected chi connectivity index (χ3v) is 6.96. The van der Waals surface area contributed by atoms with E-state index in [4.69, 9.17) is 4.98 Å². The zero-order valence-corrected chi connectivity index (χ0v) is 17.7. The predicted octanol–water partition coefficient (Wildman–Crippen LogP) is 4.37. The molecule has 3 aromatic heterocycles. The second-order valence-electron chi connectivity index (χ2n) is 7.74. The van der Waals surface area contributed by atoms with Gasteiger partial charge in [-0.2, -0.15) is 0 Å². The molecule has 154 valence electrons. The highest BCUT2D eigenvalue weighted by Crippen LogP contribution is 2.34. The molecule has 0 saturated carbocycles. The van der Waals surface area contributed by atoms with E-state index in [1.165, 1.54) is 16.9 Å². The van der Waals surface area contributed by atoms with Gasteiger partial charge < -0.3 is 9.88 Å².